The lowest BCUT2D eigenvalue weighted by atomic mass is 10.2. The van der Waals surface area contributed by atoms with E-state index in [0.717, 1.165) is 27.4 Å². The van der Waals surface area contributed by atoms with Crippen molar-refractivity contribution >= 4 is 27.8 Å². The standard InChI is InChI=1S/C21H17NO2/c23-21(24-15-16-8-2-1-3-9-16)14-22-19-12-6-4-10-17(19)18-11-5-7-13-20(18)22/h1-13H,14-15H2. The first-order chi connectivity index (χ1) is 11.8. The molecule has 0 saturated heterocycles. The second-order valence-electron chi connectivity index (χ2n) is 5.77. The van der Waals surface area contributed by atoms with Crippen LogP contribution in [0.2, 0.25) is 0 Å². The number of hydrogen-bond acceptors (Lipinski definition) is 2. The number of benzene rings is 3. The maximum atomic E-state index is 12.3. The average Bonchev–Trinajstić information content (AvgIpc) is 2.95. The highest BCUT2D eigenvalue weighted by Crippen LogP contribution is 2.28. The molecule has 0 fully saturated rings. The first-order valence-electron chi connectivity index (χ1n) is 7.98. The molecule has 118 valence electrons. The van der Waals surface area contributed by atoms with Crippen LogP contribution in [0.4, 0.5) is 0 Å². The van der Waals surface area contributed by atoms with Crippen LogP contribution in [0, 0.1) is 0 Å². The van der Waals surface area contributed by atoms with Crippen molar-refractivity contribution in [3.63, 3.8) is 0 Å². The lowest BCUT2D eigenvalue weighted by Gasteiger charge is -2.08. The van der Waals surface area contributed by atoms with Gasteiger partial charge in [-0.05, 0) is 17.7 Å². The molecule has 3 heteroatoms. The van der Waals surface area contributed by atoms with Crippen molar-refractivity contribution in [2.75, 3.05) is 0 Å². The van der Waals surface area contributed by atoms with Crippen LogP contribution in [0.1, 0.15) is 5.56 Å². The Kier molecular flexibility index (Phi) is 3.75. The number of carbonyl (C=O) groups excluding carboxylic acids is 1. The highest BCUT2D eigenvalue weighted by Gasteiger charge is 2.13. The second-order valence-corrected chi connectivity index (χ2v) is 5.77. The Labute approximate surface area is 140 Å². The molecule has 0 amide bonds. The molecule has 4 aromatic rings. The van der Waals surface area contributed by atoms with Crippen molar-refractivity contribution < 1.29 is 9.53 Å². The van der Waals surface area contributed by atoms with Gasteiger partial charge in [0.2, 0.25) is 0 Å². The zero-order valence-electron chi connectivity index (χ0n) is 13.2. The summed E-state index contributed by atoms with van der Waals surface area (Å²) in [6.07, 6.45) is 0. The summed E-state index contributed by atoms with van der Waals surface area (Å²) in [4.78, 5) is 12.3. The van der Waals surface area contributed by atoms with E-state index < -0.39 is 0 Å². The second kappa shape index (κ2) is 6.20. The lowest BCUT2D eigenvalue weighted by molar-refractivity contribution is -0.145. The molecule has 0 bridgehead atoms. The Morgan fingerprint density at radius 1 is 0.750 bits per heavy atom. The number of ether oxygens (including phenoxy) is 1. The van der Waals surface area contributed by atoms with Gasteiger partial charge in [-0.15, -0.1) is 0 Å². The molecule has 4 rings (SSSR count). The molecule has 1 heterocycles. The largest absolute Gasteiger partial charge is 0.459 e. The summed E-state index contributed by atoms with van der Waals surface area (Å²) in [5.74, 6) is -0.231. The average molecular weight is 315 g/mol. The van der Waals surface area contributed by atoms with Gasteiger partial charge in [-0.1, -0.05) is 66.7 Å². The number of esters is 1. The molecule has 0 radical (unpaired) electrons. The lowest BCUT2D eigenvalue weighted by Crippen LogP contribution is -2.13. The van der Waals surface area contributed by atoms with E-state index in [4.69, 9.17) is 4.74 Å². The molecular weight excluding hydrogens is 298 g/mol. The molecule has 0 spiro atoms. The smallest absolute Gasteiger partial charge is 0.326 e. The third-order valence-electron chi connectivity index (χ3n) is 4.21. The van der Waals surface area contributed by atoms with Gasteiger partial charge >= 0.3 is 5.97 Å². The van der Waals surface area contributed by atoms with Crippen molar-refractivity contribution in [3.8, 4) is 0 Å². The normalized spacial score (nSPS) is 11.0. The fourth-order valence-electron chi connectivity index (χ4n) is 3.09. The Hall–Kier alpha value is -3.07. The maximum absolute atomic E-state index is 12.3. The topological polar surface area (TPSA) is 31.2 Å². The minimum absolute atomic E-state index is 0.209. The highest BCUT2D eigenvalue weighted by atomic mass is 16.5. The fraction of sp³-hybridized carbons (Fsp3) is 0.0952. The van der Waals surface area contributed by atoms with E-state index in [1.165, 1.54) is 0 Å². The van der Waals surface area contributed by atoms with Gasteiger partial charge in [0.1, 0.15) is 13.2 Å². The summed E-state index contributed by atoms with van der Waals surface area (Å²) in [5, 5.41) is 2.31. The summed E-state index contributed by atoms with van der Waals surface area (Å²) in [6.45, 7) is 0.512. The van der Waals surface area contributed by atoms with Crippen LogP contribution in [0.15, 0.2) is 78.9 Å². The monoisotopic (exact) mass is 315 g/mol. The third kappa shape index (κ3) is 2.65. The molecule has 0 N–H and O–H groups in total. The summed E-state index contributed by atoms with van der Waals surface area (Å²) < 4.78 is 7.47. The van der Waals surface area contributed by atoms with Gasteiger partial charge in [-0.3, -0.25) is 4.79 Å². The molecular formula is C21H17NO2. The first kappa shape index (κ1) is 14.5. The molecule has 24 heavy (non-hydrogen) atoms. The fourth-order valence-corrected chi connectivity index (χ4v) is 3.09. The van der Waals surface area contributed by atoms with Crippen LogP contribution in [0.3, 0.4) is 0 Å². The van der Waals surface area contributed by atoms with Crippen LogP contribution in [0.5, 0.6) is 0 Å². The molecule has 3 aromatic carbocycles. The predicted octanol–water partition coefficient (Wildman–Crippen LogP) is 4.54. The highest BCUT2D eigenvalue weighted by molar-refractivity contribution is 6.08. The number of aromatic nitrogens is 1. The van der Waals surface area contributed by atoms with Crippen molar-refractivity contribution in [3.05, 3.63) is 84.4 Å². The number of rotatable bonds is 4. The zero-order valence-corrected chi connectivity index (χ0v) is 13.2. The van der Waals surface area contributed by atoms with Gasteiger partial charge in [0.05, 0.1) is 0 Å². The molecule has 0 unspecified atom stereocenters. The first-order valence-corrected chi connectivity index (χ1v) is 7.98. The Morgan fingerprint density at radius 3 is 1.92 bits per heavy atom. The zero-order chi connectivity index (χ0) is 16.4. The van der Waals surface area contributed by atoms with E-state index in [9.17, 15) is 4.79 Å². The molecule has 3 nitrogen and oxygen atoms in total. The molecule has 0 aliphatic carbocycles. The van der Waals surface area contributed by atoms with Crippen LogP contribution in [-0.4, -0.2) is 10.5 Å². The summed E-state index contributed by atoms with van der Waals surface area (Å²) in [5.41, 5.74) is 3.10. The Balaban J connectivity index is 1.62. The van der Waals surface area contributed by atoms with Gasteiger partial charge in [-0.2, -0.15) is 0 Å². The predicted molar refractivity (Wildman–Crippen MR) is 95.7 cm³/mol. The van der Waals surface area contributed by atoms with Crippen LogP contribution < -0.4 is 0 Å². The quantitative estimate of drug-likeness (QED) is 0.518. The minimum atomic E-state index is -0.231. The molecule has 0 aliphatic heterocycles. The number of fused-ring (bicyclic) bond motifs is 3. The number of para-hydroxylation sites is 2. The summed E-state index contributed by atoms with van der Waals surface area (Å²) in [7, 11) is 0. The number of nitrogens with zero attached hydrogens (tertiary/aromatic N) is 1. The van der Waals surface area contributed by atoms with E-state index >= 15 is 0 Å². The minimum Gasteiger partial charge on any atom is -0.459 e. The van der Waals surface area contributed by atoms with Gasteiger partial charge in [0, 0.05) is 21.8 Å². The molecule has 0 atom stereocenters. The number of carbonyl (C=O) groups is 1. The summed E-state index contributed by atoms with van der Waals surface area (Å²) >= 11 is 0. The van der Waals surface area contributed by atoms with Gasteiger partial charge in [0.15, 0.2) is 0 Å². The number of hydrogen-bond donors (Lipinski definition) is 0. The van der Waals surface area contributed by atoms with Crippen molar-refractivity contribution in [2.45, 2.75) is 13.2 Å². The van der Waals surface area contributed by atoms with E-state index in [1.54, 1.807) is 0 Å². The molecule has 0 saturated carbocycles. The van der Waals surface area contributed by atoms with Crippen molar-refractivity contribution in [1.82, 2.24) is 4.57 Å². The van der Waals surface area contributed by atoms with E-state index in [1.807, 2.05) is 71.3 Å². The summed E-state index contributed by atoms with van der Waals surface area (Å²) in [6, 6.07) is 26.0. The van der Waals surface area contributed by atoms with E-state index in [-0.39, 0.29) is 12.5 Å². The Morgan fingerprint density at radius 2 is 1.29 bits per heavy atom. The van der Waals surface area contributed by atoms with Gasteiger partial charge in [-0.25, -0.2) is 0 Å². The molecule has 0 aliphatic rings. The van der Waals surface area contributed by atoms with Gasteiger partial charge < -0.3 is 9.30 Å². The van der Waals surface area contributed by atoms with Crippen molar-refractivity contribution in [1.29, 1.82) is 0 Å². The Bertz CT molecular complexity index is 949. The third-order valence-corrected chi connectivity index (χ3v) is 4.21. The van der Waals surface area contributed by atoms with Crippen molar-refractivity contribution in [2.24, 2.45) is 0 Å². The van der Waals surface area contributed by atoms with Crippen LogP contribution in [0.25, 0.3) is 21.8 Å². The molecule has 1 aromatic heterocycles. The van der Waals surface area contributed by atoms with Crippen LogP contribution >= 0.6 is 0 Å². The maximum Gasteiger partial charge on any atom is 0.326 e. The van der Waals surface area contributed by atoms with Crippen LogP contribution in [-0.2, 0) is 22.7 Å². The van der Waals surface area contributed by atoms with E-state index in [2.05, 4.69) is 12.1 Å². The van der Waals surface area contributed by atoms with E-state index in [0.29, 0.717) is 6.61 Å². The SMILES string of the molecule is O=C(Cn1c2ccccc2c2ccccc21)OCc1ccccc1. The van der Waals surface area contributed by atoms with Gasteiger partial charge in [0.25, 0.3) is 0 Å².